The summed E-state index contributed by atoms with van der Waals surface area (Å²) in [7, 11) is 1.59. The first-order valence-electron chi connectivity index (χ1n) is 5.50. The number of hydrogen-bond acceptors (Lipinski definition) is 3. The number of Topliss-reactive ketones (excluding diaryl/α,β-unsaturated/α-hetero) is 1. The lowest BCUT2D eigenvalue weighted by Crippen LogP contribution is -2.01. The summed E-state index contributed by atoms with van der Waals surface area (Å²) < 4.78 is 10.8. The van der Waals surface area contributed by atoms with Gasteiger partial charge in [-0.3, -0.25) is 4.79 Å². The molecule has 0 spiro atoms. The van der Waals surface area contributed by atoms with Crippen LogP contribution in [-0.2, 0) is 0 Å². The highest BCUT2D eigenvalue weighted by atomic mass is 16.5. The standard InChI is InChI=1S/C13H18O3/c1-4-5-8-16-13-9-11(10(2)14)6-7-12(13)15-3/h6-7,9H,4-5,8H2,1-3H3. The molecule has 0 bridgehead atoms. The van der Waals surface area contributed by atoms with E-state index in [2.05, 4.69) is 6.92 Å². The van der Waals surface area contributed by atoms with Crippen molar-refractivity contribution in [1.29, 1.82) is 0 Å². The average Bonchev–Trinajstić information content (AvgIpc) is 2.29. The molecule has 0 unspecified atom stereocenters. The van der Waals surface area contributed by atoms with Crippen LogP contribution in [0, 0.1) is 0 Å². The molecule has 3 nitrogen and oxygen atoms in total. The number of rotatable bonds is 6. The number of hydrogen-bond donors (Lipinski definition) is 0. The fourth-order valence-electron chi connectivity index (χ4n) is 1.33. The van der Waals surface area contributed by atoms with Crippen LogP contribution < -0.4 is 9.47 Å². The van der Waals surface area contributed by atoms with Crippen LogP contribution in [0.3, 0.4) is 0 Å². The van der Waals surface area contributed by atoms with Crippen LogP contribution >= 0.6 is 0 Å². The quantitative estimate of drug-likeness (QED) is 0.548. The molecular weight excluding hydrogens is 204 g/mol. The summed E-state index contributed by atoms with van der Waals surface area (Å²) in [6.07, 6.45) is 2.07. The number of methoxy groups -OCH3 is 1. The van der Waals surface area contributed by atoms with E-state index < -0.39 is 0 Å². The van der Waals surface area contributed by atoms with Gasteiger partial charge in [-0.25, -0.2) is 0 Å². The minimum absolute atomic E-state index is 0.0306. The number of ketones is 1. The van der Waals surface area contributed by atoms with Gasteiger partial charge in [0.2, 0.25) is 0 Å². The zero-order chi connectivity index (χ0) is 12.0. The van der Waals surface area contributed by atoms with Crippen LogP contribution in [-0.4, -0.2) is 19.5 Å². The molecule has 0 fully saturated rings. The summed E-state index contributed by atoms with van der Waals surface area (Å²) in [5.41, 5.74) is 0.646. The number of ether oxygens (including phenoxy) is 2. The predicted molar refractivity (Wildman–Crippen MR) is 63.4 cm³/mol. The lowest BCUT2D eigenvalue weighted by Gasteiger charge is -2.11. The van der Waals surface area contributed by atoms with Gasteiger partial charge in [-0.1, -0.05) is 13.3 Å². The second-order valence-electron chi connectivity index (χ2n) is 3.62. The summed E-state index contributed by atoms with van der Waals surface area (Å²) >= 11 is 0. The Kier molecular flexibility index (Phi) is 4.83. The second-order valence-corrected chi connectivity index (χ2v) is 3.62. The predicted octanol–water partition coefficient (Wildman–Crippen LogP) is 3.08. The Morgan fingerprint density at radius 2 is 2.06 bits per heavy atom. The van der Waals surface area contributed by atoms with E-state index in [1.807, 2.05) is 0 Å². The molecule has 0 aromatic heterocycles. The lowest BCUT2D eigenvalue weighted by molar-refractivity contribution is 0.101. The van der Waals surface area contributed by atoms with Crippen molar-refractivity contribution in [3.05, 3.63) is 23.8 Å². The van der Waals surface area contributed by atoms with Gasteiger partial charge in [0.15, 0.2) is 17.3 Å². The Morgan fingerprint density at radius 1 is 1.31 bits per heavy atom. The van der Waals surface area contributed by atoms with Crippen molar-refractivity contribution < 1.29 is 14.3 Å². The SMILES string of the molecule is CCCCOc1cc(C(C)=O)ccc1OC. The third-order valence-corrected chi connectivity index (χ3v) is 2.33. The molecule has 1 rings (SSSR count). The first-order valence-corrected chi connectivity index (χ1v) is 5.50. The van der Waals surface area contributed by atoms with Gasteiger partial charge in [0, 0.05) is 5.56 Å². The molecule has 0 heterocycles. The van der Waals surface area contributed by atoms with Crippen LogP contribution in [0.1, 0.15) is 37.0 Å². The van der Waals surface area contributed by atoms with Gasteiger partial charge in [-0.05, 0) is 31.5 Å². The maximum atomic E-state index is 11.2. The molecular formula is C13H18O3. The van der Waals surface area contributed by atoms with E-state index in [0.29, 0.717) is 23.7 Å². The van der Waals surface area contributed by atoms with Crippen LogP contribution in [0.4, 0.5) is 0 Å². The summed E-state index contributed by atoms with van der Waals surface area (Å²) in [4.78, 5) is 11.2. The molecule has 0 aliphatic rings. The van der Waals surface area contributed by atoms with Gasteiger partial charge in [-0.15, -0.1) is 0 Å². The molecule has 0 atom stereocenters. The number of carbonyl (C=O) groups is 1. The molecule has 0 saturated carbocycles. The largest absolute Gasteiger partial charge is 0.493 e. The van der Waals surface area contributed by atoms with Crippen molar-refractivity contribution >= 4 is 5.78 Å². The Balaban J connectivity index is 2.84. The number of unbranched alkanes of at least 4 members (excludes halogenated alkanes) is 1. The summed E-state index contributed by atoms with van der Waals surface area (Å²) in [6.45, 7) is 4.29. The van der Waals surface area contributed by atoms with Crippen molar-refractivity contribution in [3.8, 4) is 11.5 Å². The van der Waals surface area contributed by atoms with Crippen molar-refractivity contribution in [2.75, 3.05) is 13.7 Å². The zero-order valence-electron chi connectivity index (χ0n) is 10.1. The minimum Gasteiger partial charge on any atom is -0.493 e. The van der Waals surface area contributed by atoms with Crippen LogP contribution in [0.5, 0.6) is 11.5 Å². The lowest BCUT2D eigenvalue weighted by atomic mass is 10.1. The molecule has 0 saturated heterocycles. The molecule has 1 aromatic carbocycles. The van der Waals surface area contributed by atoms with E-state index in [1.54, 1.807) is 25.3 Å². The topological polar surface area (TPSA) is 35.5 Å². The highest BCUT2D eigenvalue weighted by Crippen LogP contribution is 2.28. The van der Waals surface area contributed by atoms with E-state index in [0.717, 1.165) is 12.8 Å². The van der Waals surface area contributed by atoms with Crippen molar-refractivity contribution in [1.82, 2.24) is 0 Å². The normalized spacial score (nSPS) is 9.94. The summed E-state index contributed by atoms with van der Waals surface area (Å²) in [5.74, 6) is 1.34. The number of benzene rings is 1. The Morgan fingerprint density at radius 3 is 2.62 bits per heavy atom. The maximum Gasteiger partial charge on any atom is 0.161 e. The third kappa shape index (κ3) is 3.26. The van der Waals surface area contributed by atoms with Crippen molar-refractivity contribution in [3.63, 3.8) is 0 Å². The molecule has 0 radical (unpaired) electrons. The highest BCUT2D eigenvalue weighted by Gasteiger charge is 2.07. The van der Waals surface area contributed by atoms with E-state index in [4.69, 9.17) is 9.47 Å². The summed E-state index contributed by atoms with van der Waals surface area (Å²) in [5, 5.41) is 0. The zero-order valence-corrected chi connectivity index (χ0v) is 10.1. The molecule has 16 heavy (non-hydrogen) atoms. The van der Waals surface area contributed by atoms with Gasteiger partial charge in [0.05, 0.1) is 13.7 Å². The monoisotopic (exact) mass is 222 g/mol. The Labute approximate surface area is 96.4 Å². The molecule has 3 heteroatoms. The van der Waals surface area contributed by atoms with Gasteiger partial charge in [0.25, 0.3) is 0 Å². The van der Waals surface area contributed by atoms with Crippen LogP contribution in [0.15, 0.2) is 18.2 Å². The van der Waals surface area contributed by atoms with Gasteiger partial charge in [0.1, 0.15) is 0 Å². The van der Waals surface area contributed by atoms with Crippen LogP contribution in [0.2, 0.25) is 0 Å². The van der Waals surface area contributed by atoms with Gasteiger partial charge >= 0.3 is 0 Å². The smallest absolute Gasteiger partial charge is 0.161 e. The average molecular weight is 222 g/mol. The second kappa shape index (κ2) is 6.16. The van der Waals surface area contributed by atoms with Gasteiger partial charge < -0.3 is 9.47 Å². The Bertz CT molecular complexity index is 358. The van der Waals surface area contributed by atoms with E-state index in [1.165, 1.54) is 6.92 Å². The van der Waals surface area contributed by atoms with Crippen molar-refractivity contribution in [2.45, 2.75) is 26.7 Å². The molecule has 0 amide bonds. The molecule has 88 valence electrons. The highest BCUT2D eigenvalue weighted by molar-refractivity contribution is 5.94. The minimum atomic E-state index is 0.0306. The fourth-order valence-corrected chi connectivity index (χ4v) is 1.33. The van der Waals surface area contributed by atoms with Crippen molar-refractivity contribution in [2.24, 2.45) is 0 Å². The molecule has 1 aromatic rings. The molecule has 0 aliphatic heterocycles. The van der Waals surface area contributed by atoms with Crippen LogP contribution in [0.25, 0.3) is 0 Å². The molecule has 0 N–H and O–H groups in total. The third-order valence-electron chi connectivity index (χ3n) is 2.33. The van der Waals surface area contributed by atoms with Gasteiger partial charge in [-0.2, -0.15) is 0 Å². The molecule has 0 aliphatic carbocycles. The Hall–Kier alpha value is -1.51. The first kappa shape index (κ1) is 12.6. The summed E-state index contributed by atoms with van der Waals surface area (Å²) in [6, 6.07) is 5.24. The van der Waals surface area contributed by atoms with E-state index in [-0.39, 0.29) is 5.78 Å². The first-order chi connectivity index (χ1) is 7.69. The number of carbonyl (C=O) groups excluding carboxylic acids is 1. The van der Waals surface area contributed by atoms with E-state index >= 15 is 0 Å². The van der Waals surface area contributed by atoms with E-state index in [9.17, 15) is 4.79 Å². The fraction of sp³-hybridized carbons (Fsp3) is 0.462. The maximum absolute atomic E-state index is 11.2.